The number of aromatic nitrogens is 3. The predicted octanol–water partition coefficient (Wildman–Crippen LogP) is 2.76. The summed E-state index contributed by atoms with van der Waals surface area (Å²) < 4.78 is 7.17. The van der Waals surface area contributed by atoms with Gasteiger partial charge in [0.05, 0.1) is 19.3 Å². The van der Waals surface area contributed by atoms with E-state index in [0.29, 0.717) is 21.3 Å². The Balaban J connectivity index is 2.19. The van der Waals surface area contributed by atoms with Crippen molar-refractivity contribution in [2.45, 2.75) is 6.54 Å². The first kappa shape index (κ1) is 17.3. The quantitative estimate of drug-likeness (QED) is 0.700. The van der Waals surface area contributed by atoms with Gasteiger partial charge in [-0.3, -0.25) is 4.79 Å². The highest BCUT2D eigenvalue weighted by Gasteiger charge is 2.16. The van der Waals surface area contributed by atoms with Gasteiger partial charge in [0.1, 0.15) is 0 Å². The summed E-state index contributed by atoms with van der Waals surface area (Å²) in [6.07, 6.45) is 0. The summed E-state index contributed by atoms with van der Waals surface area (Å²) in [5.74, 6) is -0.187. The lowest BCUT2D eigenvalue weighted by atomic mass is 10.2. The molecule has 0 N–H and O–H groups in total. The van der Waals surface area contributed by atoms with Crippen LogP contribution in [-0.2, 0) is 6.54 Å². The molecule has 0 bridgehead atoms. The maximum absolute atomic E-state index is 12.8. The molecule has 0 fully saturated rings. The Morgan fingerprint density at radius 1 is 1.08 bits per heavy atom. The molecule has 0 unspecified atom stereocenters. The summed E-state index contributed by atoms with van der Waals surface area (Å²) >= 11 is 12.0. The third-order valence-electron chi connectivity index (χ3n) is 3.57. The highest BCUT2D eigenvalue weighted by molar-refractivity contribution is 6.35. The molecular weight excluding hydrogens is 365 g/mol. The summed E-state index contributed by atoms with van der Waals surface area (Å²) in [5.41, 5.74) is -0.131. The van der Waals surface area contributed by atoms with Crippen LogP contribution in [0.15, 0.2) is 58.1 Å². The highest BCUT2D eigenvalue weighted by atomic mass is 35.5. The fourth-order valence-corrected chi connectivity index (χ4v) is 2.79. The van der Waals surface area contributed by atoms with Gasteiger partial charge in [-0.05, 0) is 29.8 Å². The van der Waals surface area contributed by atoms with E-state index in [1.165, 1.54) is 7.11 Å². The fourth-order valence-electron chi connectivity index (χ4n) is 2.32. The van der Waals surface area contributed by atoms with Gasteiger partial charge in [-0.15, -0.1) is 5.10 Å². The van der Waals surface area contributed by atoms with Crippen LogP contribution < -0.4 is 16.0 Å². The van der Waals surface area contributed by atoms with Crippen LogP contribution in [0.2, 0.25) is 10.0 Å². The number of para-hydroxylation sites is 1. The van der Waals surface area contributed by atoms with Crippen LogP contribution in [0.3, 0.4) is 0 Å². The van der Waals surface area contributed by atoms with Crippen molar-refractivity contribution in [1.82, 2.24) is 14.3 Å². The average Bonchev–Trinajstić information content (AvgIpc) is 2.61. The molecule has 8 heteroatoms. The van der Waals surface area contributed by atoms with E-state index in [1.54, 1.807) is 42.5 Å². The second kappa shape index (κ2) is 7.13. The molecule has 0 spiro atoms. The Hall–Kier alpha value is -2.57. The smallest absolute Gasteiger partial charge is 0.352 e. The van der Waals surface area contributed by atoms with Crippen molar-refractivity contribution in [2.75, 3.05) is 7.11 Å². The minimum atomic E-state index is -0.634. The standard InChI is InChI=1S/C17H13Cl2N3O3/c1-25-15-16(23)21(10-11-7-8-12(18)9-14(11)19)17(24)22(20-15)13-5-3-2-4-6-13/h2-9H,10H2,1H3. The summed E-state index contributed by atoms with van der Waals surface area (Å²) in [5, 5.41) is 4.82. The Labute approximate surface area is 152 Å². The molecule has 3 rings (SSSR count). The zero-order valence-corrected chi connectivity index (χ0v) is 14.7. The first-order chi connectivity index (χ1) is 12.0. The van der Waals surface area contributed by atoms with Crippen molar-refractivity contribution in [3.8, 4) is 11.6 Å². The minimum Gasteiger partial charge on any atom is -0.476 e. The highest BCUT2D eigenvalue weighted by Crippen LogP contribution is 2.21. The van der Waals surface area contributed by atoms with Gasteiger partial charge in [-0.1, -0.05) is 47.5 Å². The van der Waals surface area contributed by atoms with Crippen molar-refractivity contribution in [2.24, 2.45) is 0 Å². The maximum Gasteiger partial charge on any atom is 0.352 e. The first-order valence-corrected chi connectivity index (χ1v) is 8.04. The van der Waals surface area contributed by atoms with Crippen molar-refractivity contribution < 1.29 is 4.74 Å². The summed E-state index contributed by atoms with van der Waals surface area (Å²) in [4.78, 5) is 25.3. The first-order valence-electron chi connectivity index (χ1n) is 7.29. The molecular formula is C17H13Cl2N3O3. The molecule has 128 valence electrons. The van der Waals surface area contributed by atoms with Crippen LogP contribution in [-0.4, -0.2) is 21.5 Å². The molecule has 0 radical (unpaired) electrons. The van der Waals surface area contributed by atoms with Gasteiger partial charge in [0, 0.05) is 10.0 Å². The predicted molar refractivity (Wildman–Crippen MR) is 96.2 cm³/mol. The zero-order valence-electron chi connectivity index (χ0n) is 13.1. The maximum atomic E-state index is 12.8. The Bertz CT molecular complexity index is 1030. The Kier molecular flexibility index (Phi) is 4.92. The van der Waals surface area contributed by atoms with Crippen molar-refractivity contribution in [3.05, 3.63) is 85.0 Å². The lowest BCUT2D eigenvalue weighted by Gasteiger charge is -2.12. The van der Waals surface area contributed by atoms with E-state index in [1.807, 2.05) is 6.07 Å². The van der Waals surface area contributed by atoms with Gasteiger partial charge in [0.15, 0.2) is 0 Å². The van der Waals surface area contributed by atoms with Crippen LogP contribution in [0, 0.1) is 0 Å². The van der Waals surface area contributed by atoms with E-state index < -0.39 is 11.2 Å². The number of halogens is 2. The molecule has 25 heavy (non-hydrogen) atoms. The summed E-state index contributed by atoms with van der Waals surface area (Å²) in [6, 6.07) is 13.6. The minimum absolute atomic E-state index is 0.0284. The monoisotopic (exact) mass is 377 g/mol. The second-order valence-electron chi connectivity index (χ2n) is 5.17. The number of nitrogens with zero attached hydrogens (tertiary/aromatic N) is 3. The van der Waals surface area contributed by atoms with Gasteiger partial charge in [0.25, 0.3) is 5.88 Å². The normalized spacial score (nSPS) is 10.7. The van der Waals surface area contributed by atoms with E-state index in [-0.39, 0.29) is 12.4 Å². The van der Waals surface area contributed by atoms with E-state index in [0.717, 1.165) is 9.25 Å². The van der Waals surface area contributed by atoms with Gasteiger partial charge >= 0.3 is 11.2 Å². The third kappa shape index (κ3) is 3.45. The molecule has 0 saturated heterocycles. The molecule has 1 heterocycles. The Morgan fingerprint density at radius 3 is 2.44 bits per heavy atom. The average molecular weight is 378 g/mol. The van der Waals surface area contributed by atoms with E-state index in [9.17, 15) is 9.59 Å². The lowest BCUT2D eigenvalue weighted by molar-refractivity contribution is 0.367. The van der Waals surface area contributed by atoms with Crippen LogP contribution >= 0.6 is 23.2 Å². The van der Waals surface area contributed by atoms with Crippen LogP contribution in [0.1, 0.15) is 5.56 Å². The number of ether oxygens (including phenoxy) is 1. The molecule has 0 aliphatic rings. The number of methoxy groups -OCH3 is 1. The molecule has 0 aliphatic heterocycles. The molecule has 0 aliphatic carbocycles. The molecule has 0 atom stereocenters. The van der Waals surface area contributed by atoms with Crippen molar-refractivity contribution in [1.29, 1.82) is 0 Å². The van der Waals surface area contributed by atoms with E-state index in [4.69, 9.17) is 27.9 Å². The third-order valence-corrected chi connectivity index (χ3v) is 4.16. The van der Waals surface area contributed by atoms with Gasteiger partial charge < -0.3 is 4.74 Å². The topological polar surface area (TPSA) is 66.1 Å². The van der Waals surface area contributed by atoms with Gasteiger partial charge in [0.2, 0.25) is 0 Å². The lowest BCUT2D eigenvalue weighted by Crippen LogP contribution is -2.41. The SMILES string of the molecule is COc1nn(-c2ccccc2)c(=O)n(Cc2ccc(Cl)cc2Cl)c1=O. The number of benzene rings is 2. The summed E-state index contributed by atoms with van der Waals surface area (Å²) in [7, 11) is 1.32. The zero-order chi connectivity index (χ0) is 18.0. The second-order valence-corrected chi connectivity index (χ2v) is 6.01. The molecule has 6 nitrogen and oxygen atoms in total. The number of rotatable bonds is 4. The van der Waals surface area contributed by atoms with Crippen molar-refractivity contribution >= 4 is 23.2 Å². The molecule has 0 amide bonds. The summed E-state index contributed by atoms with van der Waals surface area (Å²) in [6.45, 7) is -0.0284. The van der Waals surface area contributed by atoms with Crippen LogP contribution in [0.25, 0.3) is 5.69 Å². The van der Waals surface area contributed by atoms with Crippen molar-refractivity contribution in [3.63, 3.8) is 0 Å². The van der Waals surface area contributed by atoms with Crippen LogP contribution in [0.5, 0.6) is 5.88 Å². The molecule has 3 aromatic rings. The number of hydrogen-bond donors (Lipinski definition) is 0. The molecule has 0 saturated carbocycles. The van der Waals surface area contributed by atoms with Gasteiger partial charge in [-0.25, -0.2) is 9.36 Å². The molecule has 1 aromatic heterocycles. The van der Waals surface area contributed by atoms with Gasteiger partial charge in [-0.2, -0.15) is 4.68 Å². The van der Waals surface area contributed by atoms with E-state index in [2.05, 4.69) is 5.10 Å². The largest absolute Gasteiger partial charge is 0.476 e. The Morgan fingerprint density at radius 2 is 1.80 bits per heavy atom. The number of hydrogen-bond acceptors (Lipinski definition) is 4. The van der Waals surface area contributed by atoms with Crippen LogP contribution in [0.4, 0.5) is 0 Å². The molecule has 2 aromatic carbocycles. The fraction of sp³-hybridized carbons (Fsp3) is 0.118. The van der Waals surface area contributed by atoms with E-state index >= 15 is 0 Å².